The zero-order valence-electron chi connectivity index (χ0n) is 10.3. The third-order valence-corrected chi connectivity index (χ3v) is 4.21. The summed E-state index contributed by atoms with van der Waals surface area (Å²) in [5.74, 6) is -0.0413. The van der Waals surface area contributed by atoms with Crippen LogP contribution < -0.4 is 0 Å². The molecule has 18 heavy (non-hydrogen) atoms. The lowest BCUT2D eigenvalue weighted by molar-refractivity contribution is 0.0683. The first-order chi connectivity index (χ1) is 8.75. The summed E-state index contributed by atoms with van der Waals surface area (Å²) in [6, 6.07) is 4.77. The number of halogens is 1. The third kappa shape index (κ3) is 2.00. The standard InChI is InChI=1S/C14H17FN2O/c15-13-7-3-5-11(16-13)14(18)17-9-8-10-4-1-2-6-12(10)17/h3,5,7,10,12H,1-2,4,6,8-9H2. The highest BCUT2D eigenvalue weighted by molar-refractivity contribution is 5.92. The molecule has 2 atom stereocenters. The van der Waals surface area contributed by atoms with Gasteiger partial charge in [-0.3, -0.25) is 4.79 Å². The molecule has 1 aliphatic carbocycles. The lowest BCUT2D eigenvalue weighted by Crippen LogP contribution is -2.39. The van der Waals surface area contributed by atoms with E-state index in [4.69, 9.17) is 0 Å². The molecule has 2 unspecified atom stereocenters. The second-order valence-electron chi connectivity index (χ2n) is 5.24. The molecule has 3 rings (SSSR count). The van der Waals surface area contributed by atoms with E-state index in [9.17, 15) is 9.18 Å². The number of likely N-dealkylation sites (tertiary alicyclic amines) is 1. The normalized spacial score (nSPS) is 27.1. The first kappa shape index (κ1) is 11.6. The molecule has 1 aliphatic heterocycles. The molecular weight excluding hydrogens is 231 g/mol. The first-order valence-corrected chi connectivity index (χ1v) is 6.69. The Hall–Kier alpha value is -1.45. The highest BCUT2D eigenvalue weighted by Crippen LogP contribution is 2.36. The number of carbonyl (C=O) groups excluding carboxylic acids is 1. The first-order valence-electron chi connectivity index (χ1n) is 6.69. The van der Waals surface area contributed by atoms with Gasteiger partial charge in [0.15, 0.2) is 0 Å². The lowest BCUT2D eigenvalue weighted by atomic mass is 9.85. The van der Waals surface area contributed by atoms with E-state index in [-0.39, 0.29) is 11.6 Å². The second-order valence-corrected chi connectivity index (χ2v) is 5.24. The van der Waals surface area contributed by atoms with Gasteiger partial charge in [-0.25, -0.2) is 4.98 Å². The Morgan fingerprint density at radius 2 is 2.11 bits per heavy atom. The van der Waals surface area contributed by atoms with E-state index < -0.39 is 5.95 Å². The number of carbonyl (C=O) groups is 1. The number of hydrogen-bond donors (Lipinski definition) is 0. The molecule has 1 saturated heterocycles. The number of nitrogens with zero attached hydrogens (tertiary/aromatic N) is 2. The minimum atomic E-state index is -0.583. The van der Waals surface area contributed by atoms with Gasteiger partial charge in [-0.2, -0.15) is 4.39 Å². The van der Waals surface area contributed by atoms with Crippen LogP contribution in [-0.2, 0) is 0 Å². The van der Waals surface area contributed by atoms with Crippen molar-refractivity contribution in [2.75, 3.05) is 6.54 Å². The van der Waals surface area contributed by atoms with Crippen molar-refractivity contribution in [1.82, 2.24) is 9.88 Å². The number of hydrogen-bond acceptors (Lipinski definition) is 2. The fourth-order valence-corrected chi connectivity index (χ4v) is 3.33. The van der Waals surface area contributed by atoms with Crippen molar-refractivity contribution in [1.29, 1.82) is 0 Å². The molecule has 1 amide bonds. The lowest BCUT2D eigenvalue weighted by Gasteiger charge is -2.31. The Kier molecular flexibility index (Phi) is 3.02. The van der Waals surface area contributed by atoms with E-state index in [0.717, 1.165) is 19.4 Å². The zero-order valence-corrected chi connectivity index (χ0v) is 10.3. The molecule has 0 spiro atoms. The van der Waals surface area contributed by atoms with Crippen LogP contribution >= 0.6 is 0 Å². The molecule has 0 aromatic carbocycles. The Bertz CT molecular complexity index is 463. The van der Waals surface area contributed by atoms with Crippen LogP contribution in [-0.4, -0.2) is 28.4 Å². The SMILES string of the molecule is O=C(c1cccc(F)n1)N1CCC2CCCCC21. The van der Waals surface area contributed by atoms with Gasteiger partial charge in [0.2, 0.25) is 5.95 Å². The maximum absolute atomic E-state index is 13.1. The van der Waals surface area contributed by atoms with Gasteiger partial charge < -0.3 is 4.90 Å². The maximum atomic E-state index is 13.1. The number of aromatic nitrogens is 1. The summed E-state index contributed by atoms with van der Waals surface area (Å²) in [4.78, 5) is 18.0. The van der Waals surface area contributed by atoms with Gasteiger partial charge >= 0.3 is 0 Å². The minimum Gasteiger partial charge on any atom is -0.334 e. The van der Waals surface area contributed by atoms with Crippen LogP contribution in [0, 0.1) is 11.9 Å². The summed E-state index contributed by atoms with van der Waals surface area (Å²) in [6.45, 7) is 0.798. The minimum absolute atomic E-state index is 0.107. The quantitative estimate of drug-likeness (QED) is 0.716. The Balaban J connectivity index is 1.80. The fraction of sp³-hybridized carbons (Fsp3) is 0.571. The topological polar surface area (TPSA) is 33.2 Å². The average Bonchev–Trinajstić information content (AvgIpc) is 2.82. The molecule has 96 valence electrons. The Labute approximate surface area is 106 Å². The molecule has 0 N–H and O–H groups in total. The van der Waals surface area contributed by atoms with E-state index in [1.54, 1.807) is 12.1 Å². The molecular formula is C14H17FN2O. The summed E-state index contributed by atoms with van der Waals surface area (Å²) in [6.07, 6.45) is 5.88. The summed E-state index contributed by atoms with van der Waals surface area (Å²) < 4.78 is 13.1. The summed E-state index contributed by atoms with van der Waals surface area (Å²) in [7, 11) is 0. The predicted octanol–water partition coefficient (Wildman–Crippen LogP) is 2.63. The van der Waals surface area contributed by atoms with Crippen molar-refractivity contribution in [2.24, 2.45) is 5.92 Å². The number of fused-ring (bicyclic) bond motifs is 1. The Morgan fingerprint density at radius 3 is 2.94 bits per heavy atom. The predicted molar refractivity (Wildman–Crippen MR) is 65.6 cm³/mol. The van der Waals surface area contributed by atoms with E-state index in [0.29, 0.717) is 12.0 Å². The molecule has 0 radical (unpaired) electrons. The zero-order chi connectivity index (χ0) is 12.5. The van der Waals surface area contributed by atoms with Crippen molar-refractivity contribution < 1.29 is 9.18 Å². The van der Waals surface area contributed by atoms with Gasteiger partial charge in [0, 0.05) is 12.6 Å². The monoisotopic (exact) mass is 248 g/mol. The molecule has 1 saturated carbocycles. The summed E-state index contributed by atoms with van der Waals surface area (Å²) in [5, 5.41) is 0. The van der Waals surface area contributed by atoms with Crippen LogP contribution in [0.4, 0.5) is 4.39 Å². The number of pyridine rings is 1. The average molecular weight is 248 g/mol. The van der Waals surface area contributed by atoms with E-state index in [1.807, 2.05) is 4.90 Å². The molecule has 1 aromatic heterocycles. The molecule has 4 heteroatoms. The van der Waals surface area contributed by atoms with Crippen molar-refractivity contribution in [2.45, 2.75) is 38.1 Å². The summed E-state index contributed by atoms with van der Waals surface area (Å²) >= 11 is 0. The van der Waals surface area contributed by atoms with Gasteiger partial charge in [-0.05, 0) is 37.3 Å². The third-order valence-electron chi connectivity index (χ3n) is 4.21. The van der Waals surface area contributed by atoms with Crippen LogP contribution in [0.25, 0.3) is 0 Å². The van der Waals surface area contributed by atoms with E-state index in [1.165, 1.54) is 25.3 Å². The molecule has 3 nitrogen and oxygen atoms in total. The maximum Gasteiger partial charge on any atom is 0.272 e. The van der Waals surface area contributed by atoms with Gasteiger partial charge in [0.1, 0.15) is 5.69 Å². The molecule has 2 fully saturated rings. The van der Waals surface area contributed by atoms with Crippen LogP contribution in [0.1, 0.15) is 42.6 Å². The highest BCUT2D eigenvalue weighted by Gasteiger charge is 2.38. The molecule has 2 aliphatic rings. The second kappa shape index (κ2) is 4.67. The van der Waals surface area contributed by atoms with Crippen molar-refractivity contribution in [3.05, 3.63) is 29.8 Å². The fourth-order valence-electron chi connectivity index (χ4n) is 3.33. The highest BCUT2D eigenvalue weighted by atomic mass is 19.1. The van der Waals surface area contributed by atoms with Crippen molar-refractivity contribution in [3.8, 4) is 0 Å². The van der Waals surface area contributed by atoms with Crippen LogP contribution in [0.2, 0.25) is 0 Å². The molecule has 2 heterocycles. The largest absolute Gasteiger partial charge is 0.334 e. The van der Waals surface area contributed by atoms with Crippen molar-refractivity contribution >= 4 is 5.91 Å². The Morgan fingerprint density at radius 1 is 1.28 bits per heavy atom. The van der Waals surface area contributed by atoms with Gasteiger partial charge in [-0.1, -0.05) is 18.9 Å². The number of rotatable bonds is 1. The van der Waals surface area contributed by atoms with Gasteiger partial charge in [0.25, 0.3) is 5.91 Å². The van der Waals surface area contributed by atoms with E-state index in [2.05, 4.69) is 4.98 Å². The van der Waals surface area contributed by atoms with Gasteiger partial charge in [-0.15, -0.1) is 0 Å². The molecule has 0 bridgehead atoms. The molecule has 1 aromatic rings. The summed E-state index contributed by atoms with van der Waals surface area (Å²) in [5.41, 5.74) is 0.237. The van der Waals surface area contributed by atoms with Crippen LogP contribution in [0.3, 0.4) is 0 Å². The number of amides is 1. The van der Waals surface area contributed by atoms with E-state index >= 15 is 0 Å². The smallest absolute Gasteiger partial charge is 0.272 e. The van der Waals surface area contributed by atoms with Crippen LogP contribution in [0.15, 0.2) is 18.2 Å². The van der Waals surface area contributed by atoms with Gasteiger partial charge in [0.05, 0.1) is 0 Å². The van der Waals surface area contributed by atoms with Crippen LogP contribution in [0.5, 0.6) is 0 Å². The van der Waals surface area contributed by atoms with Crippen molar-refractivity contribution in [3.63, 3.8) is 0 Å².